The molecule has 1 amide bonds. The Morgan fingerprint density at radius 1 is 1.47 bits per heavy atom. The van der Waals surface area contributed by atoms with Crippen LogP contribution in [0.15, 0.2) is 23.1 Å². The summed E-state index contributed by atoms with van der Waals surface area (Å²) in [7, 11) is 0. The van der Waals surface area contributed by atoms with Gasteiger partial charge >= 0.3 is 0 Å². The zero-order valence-corrected chi connectivity index (χ0v) is 11.1. The lowest BCUT2D eigenvalue weighted by atomic mass is 10.2. The minimum atomic E-state index is -0.0642. The average molecular weight is 275 g/mol. The number of carbonyl (C=O) groups excluding carboxylic acids is 1. The van der Waals surface area contributed by atoms with Crippen LogP contribution in [0.2, 0.25) is 0 Å². The molecule has 0 saturated carbocycles. The Balaban J connectivity index is 1.97. The Morgan fingerprint density at radius 3 is 3.05 bits per heavy atom. The summed E-state index contributed by atoms with van der Waals surface area (Å²) < 4.78 is 0. The number of carbonyl (C=O) groups is 1. The minimum absolute atomic E-state index is 0.0206. The summed E-state index contributed by atoms with van der Waals surface area (Å²) in [6.07, 6.45) is 0. The summed E-state index contributed by atoms with van der Waals surface area (Å²) in [5, 5.41) is 9.70. The van der Waals surface area contributed by atoms with E-state index < -0.39 is 0 Å². The molecule has 1 unspecified atom stereocenters. The van der Waals surface area contributed by atoms with Crippen molar-refractivity contribution in [2.24, 2.45) is 5.73 Å². The van der Waals surface area contributed by atoms with E-state index in [9.17, 15) is 4.79 Å². The van der Waals surface area contributed by atoms with Crippen LogP contribution in [0.5, 0.6) is 0 Å². The van der Waals surface area contributed by atoms with Crippen LogP contribution in [0.3, 0.4) is 0 Å². The van der Waals surface area contributed by atoms with Crippen molar-refractivity contribution in [3.8, 4) is 11.4 Å². The van der Waals surface area contributed by atoms with Crippen LogP contribution in [0.4, 0.5) is 5.69 Å². The highest BCUT2D eigenvalue weighted by atomic mass is 32.2. The van der Waals surface area contributed by atoms with E-state index >= 15 is 0 Å². The Hall–Kier alpha value is -1.86. The molecule has 1 aromatic heterocycles. The van der Waals surface area contributed by atoms with Crippen LogP contribution in [-0.4, -0.2) is 26.3 Å². The second-order valence-corrected chi connectivity index (χ2v) is 5.65. The summed E-state index contributed by atoms with van der Waals surface area (Å²) in [5.41, 5.74) is 7.15. The molecular formula is C12H13N5OS. The molecule has 2 aromatic rings. The van der Waals surface area contributed by atoms with Gasteiger partial charge in [0.2, 0.25) is 5.91 Å². The van der Waals surface area contributed by atoms with Gasteiger partial charge in [0.25, 0.3) is 0 Å². The third-order valence-corrected chi connectivity index (χ3v) is 4.07. The van der Waals surface area contributed by atoms with E-state index in [1.165, 1.54) is 0 Å². The molecule has 1 aliphatic rings. The van der Waals surface area contributed by atoms with Gasteiger partial charge in [-0.1, -0.05) is 0 Å². The van der Waals surface area contributed by atoms with Crippen molar-refractivity contribution in [3.63, 3.8) is 0 Å². The van der Waals surface area contributed by atoms with Crippen LogP contribution >= 0.6 is 11.8 Å². The van der Waals surface area contributed by atoms with Crippen LogP contribution in [0.25, 0.3) is 11.4 Å². The minimum Gasteiger partial charge on any atom is -0.324 e. The zero-order valence-electron chi connectivity index (χ0n) is 10.3. The molecule has 98 valence electrons. The summed E-state index contributed by atoms with van der Waals surface area (Å²) in [5.74, 6) is 1.24. The Kier molecular flexibility index (Phi) is 3.00. The number of benzene rings is 1. The van der Waals surface area contributed by atoms with Gasteiger partial charge in [0, 0.05) is 10.5 Å². The van der Waals surface area contributed by atoms with E-state index in [1.54, 1.807) is 11.8 Å². The number of fused-ring (bicyclic) bond motifs is 1. The first-order valence-corrected chi connectivity index (χ1v) is 6.78. The molecule has 1 aliphatic heterocycles. The number of aromatic amines is 1. The van der Waals surface area contributed by atoms with Gasteiger partial charge in [-0.2, -0.15) is 5.10 Å². The van der Waals surface area contributed by atoms with Gasteiger partial charge in [-0.05, 0) is 25.1 Å². The van der Waals surface area contributed by atoms with Crippen LogP contribution in [0.1, 0.15) is 12.7 Å². The maximum Gasteiger partial charge on any atom is 0.237 e. The fraction of sp³-hybridized carbons (Fsp3) is 0.250. The second kappa shape index (κ2) is 4.67. The molecule has 2 heterocycles. The molecule has 0 aliphatic carbocycles. The maximum atomic E-state index is 11.7. The molecule has 0 spiro atoms. The van der Waals surface area contributed by atoms with Crippen molar-refractivity contribution in [1.29, 1.82) is 0 Å². The molecule has 1 aromatic carbocycles. The van der Waals surface area contributed by atoms with Gasteiger partial charge in [-0.3, -0.25) is 9.89 Å². The number of aromatic nitrogens is 3. The van der Waals surface area contributed by atoms with E-state index in [0.29, 0.717) is 18.2 Å². The van der Waals surface area contributed by atoms with Gasteiger partial charge in [0.15, 0.2) is 5.82 Å². The molecular weight excluding hydrogens is 262 g/mol. The normalized spacial score (nSPS) is 18.0. The average Bonchev–Trinajstić information content (AvgIpc) is 2.88. The molecule has 1 atom stereocenters. The number of nitrogens with zero attached hydrogens (tertiary/aromatic N) is 2. The topological polar surface area (TPSA) is 96.7 Å². The number of nitrogens with one attached hydrogen (secondary N) is 2. The quantitative estimate of drug-likeness (QED) is 0.769. The van der Waals surface area contributed by atoms with Crippen molar-refractivity contribution in [1.82, 2.24) is 15.2 Å². The third kappa shape index (κ3) is 2.22. The predicted octanol–water partition coefficient (Wildman–Crippen LogP) is 1.36. The lowest BCUT2D eigenvalue weighted by Crippen LogP contribution is -2.26. The lowest BCUT2D eigenvalue weighted by Gasteiger charge is -2.21. The molecule has 3 rings (SSSR count). The second-order valence-electron chi connectivity index (χ2n) is 4.27. The summed E-state index contributed by atoms with van der Waals surface area (Å²) in [4.78, 5) is 17.0. The number of nitrogens with two attached hydrogens (primary N) is 1. The number of anilines is 1. The number of thioether (sulfide) groups is 1. The van der Waals surface area contributed by atoms with E-state index in [-0.39, 0.29) is 11.2 Å². The van der Waals surface area contributed by atoms with Crippen molar-refractivity contribution < 1.29 is 4.79 Å². The SMILES string of the molecule is CC1Sc2ccc(-c3n[nH]c(CN)n3)cc2NC1=O. The van der Waals surface area contributed by atoms with Gasteiger partial charge in [0.05, 0.1) is 17.5 Å². The fourth-order valence-electron chi connectivity index (χ4n) is 1.86. The number of H-pyrrole nitrogens is 1. The van der Waals surface area contributed by atoms with Crippen molar-refractivity contribution >= 4 is 23.4 Å². The van der Waals surface area contributed by atoms with Crippen LogP contribution < -0.4 is 11.1 Å². The van der Waals surface area contributed by atoms with Crippen LogP contribution in [0, 0.1) is 0 Å². The fourth-order valence-corrected chi connectivity index (χ4v) is 2.79. The first kappa shape index (κ1) is 12.2. The molecule has 0 fully saturated rings. The molecule has 7 heteroatoms. The highest BCUT2D eigenvalue weighted by Crippen LogP contribution is 2.37. The number of amides is 1. The van der Waals surface area contributed by atoms with E-state index in [1.807, 2.05) is 25.1 Å². The predicted molar refractivity (Wildman–Crippen MR) is 73.7 cm³/mol. The molecule has 6 nitrogen and oxygen atoms in total. The van der Waals surface area contributed by atoms with Crippen LogP contribution in [-0.2, 0) is 11.3 Å². The maximum absolute atomic E-state index is 11.7. The first-order valence-electron chi connectivity index (χ1n) is 5.90. The summed E-state index contributed by atoms with van der Waals surface area (Å²) in [6, 6.07) is 5.80. The number of hydrogen-bond donors (Lipinski definition) is 3. The Labute approximate surface area is 114 Å². The standard InChI is InChI=1S/C12H13N5OS/c1-6-12(18)14-8-4-7(2-3-9(8)19-6)11-15-10(5-13)16-17-11/h2-4,6H,5,13H2,1H3,(H,14,18)(H,15,16,17). The van der Waals surface area contributed by atoms with Crippen molar-refractivity contribution in [3.05, 3.63) is 24.0 Å². The number of hydrogen-bond acceptors (Lipinski definition) is 5. The Bertz CT molecular complexity index is 639. The summed E-state index contributed by atoms with van der Waals surface area (Å²) in [6.45, 7) is 2.21. The van der Waals surface area contributed by atoms with E-state index in [4.69, 9.17) is 5.73 Å². The Morgan fingerprint density at radius 2 is 2.32 bits per heavy atom. The molecule has 0 bridgehead atoms. The molecule has 0 saturated heterocycles. The smallest absolute Gasteiger partial charge is 0.237 e. The van der Waals surface area contributed by atoms with Gasteiger partial charge < -0.3 is 11.1 Å². The van der Waals surface area contributed by atoms with E-state index in [0.717, 1.165) is 16.1 Å². The highest BCUT2D eigenvalue weighted by Gasteiger charge is 2.23. The van der Waals surface area contributed by atoms with Gasteiger partial charge in [-0.15, -0.1) is 11.8 Å². The lowest BCUT2D eigenvalue weighted by molar-refractivity contribution is -0.115. The number of rotatable bonds is 2. The third-order valence-electron chi connectivity index (χ3n) is 2.89. The highest BCUT2D eigenvalue weighted by molar-refractivity contribution is 8.00. The molecule has 0 radical (unpaired) electrons. The molecule has 4 N–H and O–H groups in total. The van der Waals surface area contributed by atoms with Gasteiger partial charge in [0.1, 0.15) is 5.82 Å². The summed E-state index contributed by atoms with van der Waals surface area (Å²) >= 11 is 1.55. The van der Waals surface area contributed by atoms with E-state index in [2.05, 4.69) is 20.5 Å². The first-order chi connectivity index (χ1) is 9.17. The molecule has 19 heavy (non-hydrogen) atoms. The van der Waals surface area contributed by atoms with Crippen molar-refractivity contribution in [2.45, 2.75) is 23.6 Å². The van der Waals surface area contributed by atoms with Crippen molar-refractivity contribution in [2.75, 3.05) is 5.32 Å². The zero-order chi connectivity index (χ0) is 13.4. The van der Waals surface area contributed by atoms with Gasteiger partial charge in [-0.25, -0.2) is 4.98 Å². The monoisotopic (exact) mass is 275 g/mol. The largest absolute Gasteiger partial charge is 0.324 e.